The predicted molar refractivity (Wildman–Crippen MR) is 138 cm³/mol. The Morgan fingerprint density at radius 1 is 1.06 bits per heavy atom. The van der Waals surface area contributed by atoms with Gasteiger partial charge in [0.15, 0.2) is 18.1 Å². The molecule has 0 fully saturated rings. The summed E-state index contributed by atoms with van der Waals surface area (Å²) in [5.41, 5.74) is 3.48. The van der Waals surface area contributed by atoms with Crippen molar-refractivity contribution < 1.29 is 33.7 Å². The van der Waals surface area contributed by atoms with E-state index in [1.165, 1.54) is 30.6 Å². The second-order valence-electron chi connectivity index (χ2n) is 7.74. The molecule has 0 saturated heterocycles. The molecule has 3 aromatic rings. The SMILES string of the molecule is CCOC(=O)c1c(NC(=O)COC(=O)/C=C/c2ccc(O)c(OC)c2)sc(C)c1-c1ccc(C)cc1. The molecule has 0 bridgehead atoms. The first-order chi connectivity index (χ1) is 17.2. The highest BCUT2D eigenvalue weighted by Gasteiger charge is 2.25. The quantitative estimate of drug-likeness (QED) is 0.304. The number of anilines is 1. The summed E-state index contributed by atoms with van der Waals surface area (Å²) in [5.74, 6) is -1.63. The van der Waals surface area contributed by atoms with Gasteiger partial charge >= 0.3 is 11.9 Å². The zero-order valence-electron chi connectivity index (χ0n) is 20.4. The van der Waals surface area contributed by atoms with Crippen LogP contribution in [0.5, 0.6) is 11.5 Å². The van der Waals surface area contributed by atoms with Gasteiger partial charge in [-0.3, -0.25) is 4.79 Å². The van der Waals surface area contributed by atoms with E-state index in [-0.39, 0.29) is 23.7 Å². The Balaban J connectivity index is 1.71. The molecule has 2 N–H and O–H groups in total. The highest BCUT2D eigenvalue weighted by atomic mass is 32.1. The molecule has 0 atom stereocenters. The first-order valence-electron chi connectivity index (χ1n) is 11.1. The van der Waals surface area contributed by atoms with Gasteiger partial charge in [0.2, 0.25) is 0 Å². The molecule has 0 aliphatic carbocycles. The summed E-state index contributed by atoms with van der Waals surface area (Å²) < 4.78 is 15.3. The van der Waals surface area contributed by atoms with Crippen molar-refractivity contribution in [1.82, 2.24) is 0 Å². The van der Waals surface area contributed by atoms with E-state index in [2.05, 4.69) is 5.32 Å². The van der Waals surface area contributed by atoms with E-state index in [1.54, 1.807) is 19.1 Å². The molecule has 9 heteroatoms. The molecule has 3 rings (SSSR count). The van der Waals surface area contributed by atoms with Crippen molar-refractivity contribution in [3.05, 3.63) is 70.1 Å². The number of ether oxygens (including phenoxy) is 3. The second-order valence-corrected chi connectivity index (χ2v) is 8.97. The topological polar surface area (TPSA) is 111 Å². The Kier molecular flexibility index (Phi) is 8.86. The maximum Gasteiger partial charge on any atom is 0.341 e. The molecule has 0 aliphatic heterocycles. The van der Waals surface area contributed by atoms with Crippen LogP contribution in [0.2, 0.25) is 0 Å². The van der Waals surface area contributed by atoms with E-state index in [0.717, 1.165) is 22.1 Å². The molecule has 0 unspecified atom stereocenters. The van der Waals surface area contributed by atoms with Crippen molar-refractivity contribution >= 4 is 40.3 Å². The number of esters is 2. The number of rotatable bonds is 9. The molecule has 1 amide bonds. The third-order valence-electron chi connectivity index (χ3n) is 5.12. The number of carbonyl (C=O) groups excluding carboxylic acids is 3. The minimum absolute atomic E-state index is 0.0227. The van der Waals surface area contributed by atoms with E-state index >= 15 is 0 Å². The van der Waals surface area contributed by atoms with Gasteiger partial charge in [-0.1, -0.05) is 35.9 Å². The summed E-state index contributed by atoms with van der Waals surface area (Å²) in [4.78, 5) is 38.3. The van der Waals surface area contributed by atoms with Crippen LogP contribution in [0.15, 0.2) is 48.5 Å². The fraction of sp³-hybridized carbons (Fsp3) is 0.222. The summed E-state index contributed by atoms with van der Waals surface area (Å²) in [5, 5.41) is 12.6. The minimum Gasteiger partial charge on any atom is -0.504 e. The first-order valence-corrected chi connectivity index (χ1v) is 11.9. The predicted octanol–water partition coefficient (Wildman–Crippen LogP) is 5.12. The number of hydrogen-bond donors (Lipinski definition) is 2. The maximum absolute atomic E-state index is 12.8. The largest absolute Gasteiger partial charge is 0.504 e. The summed E-state index contributed by atoms with van der Waals surface area (Å²) in [7, 11) is 1.42. The van der Waals surface area contributed by atoms with Gasteiger partial charge in [0.25, 0.3) is 5.91 Å². The van der Waals surface area contributed by atoms with Crippen LogP contribution >= 0.6 is 11.3 Å². The standard InChI is InChI=1S/C27H27NO7S/c1-5-34-27(32)25-24(19-10-6-16(2)7-11-19)17(3)36-26(25)28-22(30)15-35-23(31)13-9-18-8-12-20(29)21(14-18)33-4/h6-14,29H,5,15H2,1-4H3,(H,28,30)/b13-9+. The van der Waals surface area contributed by atoms with E-state index in [1.807, 2.05) is 38.1 Å². The first kappa shape index (κ1) is 26.5. The molecule has 36 heavy (non-hydrogen) atoms. The third-order valence-corrected chi connectivity index (χ3v) is 6.14. The van der Waals surface area contributed by atoms with Crippen molar-refractivity contribution in [2.75, 3.05) is 25.6 Å². The van der Waals surface area contributed by atoms with Gasteiger partial charge in [0, 0.05) is 16.5 Å². The lowest BCUT2D eigenvalue weighted by Crippen LogP contribution is -2.21. The van der Waals surface area contributed by atoms with E-state index in [0.29, 0.717) is 16.1 Å². The molecular formula is C27H27NO7S. The number of thiophene rings is 1. The number of carbonyl (C=O) groups is 3. The van der Waals surface area contributed by atoms with Crippen LogP contribution < -0.4 is 10.1 Å². The van der Waals surface area contributed by atoms with Gasteiger partial charge in [-0.2, -0.15) is 0 Å². The molecule has 1 heterocycles. The van der Waals surface area contributed by atoms with Gasteiger partial charge in [0.1, 0.15) is 10.6 Å². The molecule has 1 aromatic heterocycles. The molecule has 0 saturated carbocycles. The van der Waals surface area contributed by atoms with Gasteiger partial charge < -0.3 is 24.6 Å². The molecule has 0 radical (unpaired) electrons. The van der Waals surface area contributed by atoms with Gasteiger partial charge in [0.05, 0.1) is 13.7 Å². The molecule has 0 spiro atoms. The lowest BCUT2D eigenvalue weighted by atomic mass is 10.0. The lowest BCUT2D eigenvalue weighted by Gasteiger charge is -2.09. The number of nitrogens with one attached hydrogen (secondary N) is 1. The number of amides is 1. The van der Waals surface area contributed by atoms with Crippen LogP contribution in [0, 0.1) is 13.8 Å². The third kappa shape index (κ3) is 6.51. The molecule has 188 valence electrons. The highest BCUT2D eigenvalue weighted by Crippen LogP contribution is 2.40. The lowest BCUT2D eigenvalue weighted by molar-refractivity contribution is -0.142. The van der Waals surface area contributed by atoms with E-state index in [4.69, 9.17) is 14.2 Å². The normalized spacial score (nSPS) is 10.8. The number of hydrogen-bond acceptors (Lipinski definition) is 8. The van der Waals surface area contributed by atoms with Crippen LogP contribution in [-0.4, -0.2) is 43.3 Å². The highest BCUT2D eigenvalue weighted by molar-refractivity contribution is 7.17. The van der Waals surface area contributed by atoms with Crippen LogP contribution in [0.25, 0.3) is 17.2 Å². The molecule has 2 aromatic carbocycles. The maximum atomic E-state index is 12.8. The van der Waals surface area contributed by atoms with Crippen molar-refractivity contribution in [3.63, 3.8) is 0 Å². The Morgan fingerprint density at radius 3 is 2.44 bits per heavy atom. The van der Waals surface area contributed by atoms with E-state index < -0.39 is 24.5 Å². The summed E-state index contributed by atoms with van der Waals surface area (Å²) in [6.07, 6.45) is 2.63. The average molecular weight is 510 g/mol. The van der Waals surface area contributed by atoms with Gasteiger partial charge in [-0.15, -0.1) is 11.3 Å². The number of phenols is 1. The van der Waals surface area contributed by atoms with Gasteiger partial charge in [-0.05, 0) is 50.1 Å². The van der Waals surface area contributed by atoms with Crippen LogP contribution in [-0.2, 0) is 19.1 Å². The van der Waals surface area contributed by atoms with Crippen molar-refractivity contribution in [2.24, 2.45) is 0 Å². The van der Waals surface area contributed by atoms with Crippen LogP contribution in [0.1, 0.15) is 33.3 Å². The second kappa shape index (κ2) is 12.0. The zero-order chi connectivity index (χ0) is 26.2. The van der Waals surface area contributed by atoms with Gasteiger partial charge in [-0.25, -0.2) is 9.59 Å². The number of benzene rings is 2. The fourth-order valence-electron chi connectivity index (χ4n) is 3.41. The number of methoxy groups -OCH3 is 1. The number of aromatic hydroxyl groups is 1. The Bertz CT molecular complexity index is 1290. The summed E-state index contributed by atoms with van der Waals surface area (Å²) in [6, 6.07) is 12.3. The van der Waals surface area contributed by atoms with Crippen molar-refractivity contribution in [1.29, 1.82) is 0 Å². The van der Waals surface area contributed by atoms with E-state index in [9.17, 15) is 19.5 Å². The average Bonchev–Trinajstić information content (AvgIpc) is 3.18. The Hall–Kier alpha value is -4.11. The number of phenolic OH excluding ortho intramolecular Hbond substituents is 1. The molecular weight excluding hydrogens is 482 g/mol. The molecule has 0 aliphatic rings. The monoisotopic (exact) mass is 509 g/mol. The smallest absolute Gasteiger partial charge is 0.341 e. The minimum atomic E-state index is -0.731. The Labute approximate surface area is 213 Å². The fourth-order valence-corrected chi connectivity index (χ4v) is 4.49. The Morgan fingerprint density at radius 2 is 1.78 bits per heavy atom. The summed E-state index contributed by atoms with van der Waals surface area (Å²) >= 11 is 1.25. The number of aryl methyl sites for hydroxylation is 2. The zero-order valence-corrected chi connectivity index (χ0v) is 21.2. The molecule has 8 nitrogen and oxygen atoms in total. The summed E-state index contributed by atoms with van der Waals surface area (Å²) in [6.45, 7) is 5.19. The van der Waals surface area contributed by atoms with Crippen LogP contribution in [0.4, 0.5) is 5.00 Å². The van der Waals surface area contributed by atoms with Crippen LogP contribution in [0.3, 0.4) is 0 Å². The van der Waals surface area contributed by atoms with Crippen molar-refractivity contribution in [2.45, 2.75) is 20.8 Å². The van der Waals surface area contributed by atoms with Crippen molar-refractivity contribution in [3.8, 4) is 22.6 Å².